The quantitative estimate of drug-likeness (QED) is 0.531. The second kappa shape index (κ2) is 9.15. The van der Waals surface area contributed by atoms with E-state index >= 15 is 0 Å². The molecule has 1 aliphatic carbocycles. The predicted molar refractivity (Wildman–Crippen MR) is 89.9 cm³/mol. The Labute approximate surface area is 136 Å². The molecule has 1 saturated carbocycles. The summed E-state index contributed by atoms with van der Waals surface area (Å²) in [6, 6.07) is 5.37. The van der Waals surface area contributed by atoms with Crippen molar-refractivity contribution >= 4 is 12.1 Å². The third-order valence-corrected chi connectivity index (χ3v) is 3.84. The number of carbonyl (C=O) groups excluding carboxylic acids is 1. The zero-order valence-corrected chi connectivity index (χ0v) is 13.5. The van der Waals surface area contributed by atoms with E-state index in [1.165, 1.54) is 25.5 Å². The molecule has 6 nitrogen and oxygen atoms in total. The van der Waals surface area contributed by atoms with E-state index in [2.05, 4.69) is 15.8 Å². The molecule has 2 rings (SSSR count). The highest BCUT2D eigenvalue weighted by atomic mass is 16.5. The normalized spacial score (nSPS) is 15.7. The molecule has 0 aromatic heterocycles. The zero-order chi connectivity index (χ0) is 16.5. The fourth-order valence-electron chi connectivity index (χ4n) is 2.64. The van der Waals surface area contributed by atoms with Gasteiger partial charge in [0, 0.05) is 6.04 Å². The molecule has 0 saturated heterocycles. The van der Waals surface area contributed by atoms with Gasteiger partial charge in [0.1, 0.15) is 0 Å². The van der Waals surface area contributed by atoms with Crippen LogP contribution in [0.15, 0.2) is 23.3 Å². The first kappa shape index (κ1) is 17.3. The van der Waals surface area contributed by atoms with E-state index in [1.54, 1.807) is 18.2 Å². The number of nitrogens with zero attached hydrogens (tertiary/aromatic N) is 1. The van der Waals surface area contributed by atoms with Gasteiger partial charge >= 0.3 is 0 Å². The van der Waals surface area contributed by atoms with Gasteiger partial charge in [0.15, 0.2) is 11.5 Å². The topological polar surface area (TPSA) is 83.0 Å². The average Bonchev–Trinajstić information content (AvgIpc) is 2.57. The number of benzene rings is 1. The van der Waals surface area contributed by atoms with Crippen LogP contribution in [0.25, 0.3) is 0 Å². The number of aromatic hydroxyl groups is 1. The number of phenolic OH excluding ortho intramolecular Hbond substituents is 1. The number of amides is 1. The van der Waals surface area contributed by atoms with Crippen LogP contribution in [-0.2, 0) is 4.79 Å². The molecule has 0 atom stereocenters. The summed E-state index contributed by atoms with van der Waals surface area (Å²) in [4.78, 5) is 11.7. The number of rotatable bonds is 7. The summed E-state index contributed by atoms with van der Waals surface area (Å²) < 4.78 is 5.30. The van der Waals surface area contributed by atoms with Crippen LogP contribution in [0, 0.1) is 0 Å². The molecule has 3 N–H and O–H groups in total. The van der Waals surface area contributed by atoms with Gasteiger partial charge in [-0.05, 0) is 43.5 Å². The maximum atomic E-state index is 11.7. The van der Waals surface area contributed by atoms with Gasteiger partial charge in [-0.15, -0.1) is 0 Å². The van der Waals surface area contributed by atoms with Crippen LogP contribution >= 0.6 is 0 Å². The molecule has 0 spiro atoms. The van der Waals surface area contributed by atoms with Gasteiger partial charge in [0.2, 0.25) is 0 Å². The van der Waals surface area contributed by atoms with Gasteiger partial charge in [-0.25, -0.2) is 5.43 Å². The molecule has 0 aliphatic heterocycles. The predicted octanol–water partition coefficient (Wildman–Crippen LogP) is 2.16. The van der Waals surface area contributed by atoms with Gasteiger partial charge < -0.3 is 15.2 Å². The fraction of sp³-hybridized carbons (Fsp3) is 0.529. The summed E-state index contributed by atoms with van der Waals surface area (Å²) in [5, 5.41) is 16.8. The third kappa shape index (κ3) is 5.90. The molecular weight excluding hydrogens is 294 g/mol. The van der Waals surface area contributed by atoms with Crippen molar-refractivity contribution in [2.24, 2.45) is 5.10 Å². The summed E-state index contributed by atoms with van der Waals surface area (Å²) in [6.45, 7) is 2.60. The Balaban J connectivity index is 1.76. The van der Waals surface area contributed by atoms with Gasteiger partial charge in [-0.3, -0.25) is 4.79 Å². The highest BCUT2D eigenvalue weighted by Gasteiger charge is 2.13. The second-order valence-corrected chi connectivity index (χ2v) is 5.67. The van der Waals surface area contributed by atoms with E-state index in [1.807, 2.05) is 6.92 Å². The Kier molecular flexibility index (Phi) is 6.87. The number of hydrazone groups is 1. The second-order valence-electron chi connectivity index (χ2n) is 5.67. The largest absolute Gasteiger partial charge is 0.504 e. The molecule has 1 aliphatic rings. The lowest BCUT2D eigenvalue weighted by atomic mass is 9.95. The molecular formula is C17H25N3O3. The maximum Gasteiger partial charge on any atom is 0.254 e. The number of phenols is 1. The summed E-state index contributed by atoms with van der Waals surface area (Å²) >= 11 is 0. The molecule has 0 radical (unpaired) electrons. The van der Waals surface area contributed by atoms with Crippen LogP contribution in [0.5, 0.6) is 11.5 Å². The van der Waals surface area contributed by atoms with Crippen molar-refractivity contribution in [1.82, 2.24) is 10.7 Å². The molecule has 6 heteroatoms. The lowest BCUT2D eigenvalue weighted by Gasteiger charge is -2.22. The van der Waals surface area contributed by atoms with Gasteiger partial charge in [0.25, 0.3) is 5.91 Å². The van der Waals surface area contributed by atoms with Crippen LogP contribution in [-0.4, -0.2) is 36.4 Å². The zero-order valence-electron chi connectivity index (χ0n) is 13.5. The molecule has 0 bridgehead atoms. The molecule has 1 fully saturated rings. The van der Waals surface area contributed by atoms with E-state index in [4.69, 9.17) is 4.74 Å². The SMILES string of the molecule is CCOc1cc(/C=N\NC(=O)CNC2CCCCC2)ccc1O. The molecule has 126 valence electrons. The van der Waals surface area contributed by atoms with Crippen molar-refractivity contribution in [2.75, 3.05) is 13.2 Å². The van der Waals surface area contributed by atoms with Gasteiger partial charge in [-0.1, -0.05) is 19.3 Å². The van der Waals surface area contributed by atoms with Crippen molar-refractivity contribution in [1.29, 1.82) is 0 Å². The first-order valence-corrected chi connectivity index (χ1v) is 8.20. The molecule has 23 heavy (non-hydrogen) atoms. The van der Waals surface area contributed by atoms with Crippen LogP contribution in [0.4, 0.5) is 0 Å². The van der Waals surface area contributed by atoms with Gasteiger partial charge in [-0.2, -0.15) is 5.10 Å². The highest BCUT2D eigenvalue weighted by Crippen LogP contribution is 2.26. The molecule has 0 unspecified atom stereocenters. The third-order valence-electron chi connectivity index (χ3n) is 3.84. The van der Waals surface area contributed by atoms with Crippen LogP contribution in [0.1, 0.15) is 44.6 Å². The summed E-state index contributed by atoms with van der Waals surface area (Å²) in [6.07, 6.45) is 7.58. The highest BCUT2D eigenvalue weighted by molar-refractivity contribution is 5.83. The van der Waals surface area contributed by atoms with Crippen molar-refractivity contribution < 1.29 is 14.6 Å². The fourth-order valence-corrected chi connectivity index (χ4v) is 2.64. The van der Waals surface area contributed by atoms with E-state index in [0.29, 0.717) is 18.4 Å². The van der Waals surface area contributed by atoms with E-state index in [9.17, 15) is 9.90 Å². The minimum atomic E-state index is -0.157. The number of nitrogens with one attached hydrogen (secondary N) is 2. The first-order chi connectivity index (χ1) is 11.2. The number of hydrogen-bond donors (Lipinski definition) is 3. The molecule has 1 aromatic carbocycles. The smallest absolute Gasteiger partial charge is 0.254 e. The maximum absolute atomic E-state index is 11.7. The molecule has 1 amide bonds. The number of hydrogen-bond acceptors (Lipinski definition) is 5. The Bertz CT molecular complexity index is 540. The average molecular weight is 319 g/mol. The Morgan fingerprint density at radius 3 is 2.91 bits per heavy atom. The lowest BCUT2D eigenvalue weighted by molar-refractivity contribution is -0.120. The minimum absolute atomic E-state index is 0.0877. The van der Waals surface area contributed by atoms with E-state index in [-0.39, 0.29) is 18.2 Å². The molecule has 1 aromatic rings. The monoisotopic (exact) mass is 319 g/mol. The van der Waals surface area contributed by atoms with Crippen molar-refractivity contribution in [3.63, 3.8) is 0 Å². The molecule has 0 heterocycles. The summed E-state index contributed by atoms with van der Waals surface area (Å²) in [5.74, 6) is 0.335. The van der Waals surface area contributed by atoms with E-state index in [0.717, 1.165) is 18.4 Å². The summed E-state index contributed by atoms with van der Waals surface area (Å²) in [5.41, 5.74) is 3.24. The first-order valence-electron chi connectivity index (χ1n) is 8.20. The Hall–Kier alpha value is -2.08. The van der Waals surface area contributed by atoms with Crippen LogP contribution in [0.3, 0.4) is 0 Å². The Morgan fingerprint density at radius 1 is 1.39 bits per heavy atom. The Morgan fingerprint density at radius 2 is 2.17 bits per heavy atom. The van der Waals surface area contributed by atoms with Crippen molar-refractivity contribution in [2.45, 2.75) is 45.1 Å². The number of carbonyl (C=O) groups is 1. The van der Waals surface area contributed by atoms with E-state index < -0.39 is 0 Å². The minimum Gasteiger partial charge on any atom is -0.504 e. The van der Waals surface area contributed by atoms with Crippen LogP contribution < -0.4 is 15.5 Å². The van der Waals surface area contributed by atoms with Crippen molar-refractivity contribution in [3.05, 3.63) is 23.8 Å². The summed E-state index contributed by atoms with van der Waals surface area (Å²) in [7, 11) is 0. The number of ether oxygens (including phenoxy) is 1. The van der Waals surface area contributed by atoms with Crippen LogP contribution in [0.2, 0.25) is 0 Å². The lowest BCUT2D eigenvalue weighted by Crippen LogP contribution is -2.38. The van der Waals surface area contributed by atoms with Crippen molar-refractivity contribution in [3.8, 4) is 11.5 Å². The van der Waals surface area contributed by atoms with Gasteiger partial charge in [0.05, 0.1) is 19.4 Å². The standard InChI is InChI=1S/C17H25N3O3/c1-2-23-16-10-13(8-9-15(16)21)11-19-20-17(22)12-18-14-6-4-3-5-7-14/h8-11,14,18,21H,2-7,12H2,1H3,(H,20,22)/b19-11-.